The molecule has 0 saturated carbocycles. The minimum Gasteiger partial charge on any atom is -0.380 e. The summed E-state index contributed by atoms with van der Waals surface area (Å²) in [5.41, 5.74) is 0.954. The van der Waals surface area contributed by atoms with E-state index in [2.05, 4.69) is 15.0 Å². The molecule has 2 N–H and O–H groups in total. The van der Waals surface area contributed by atoms with Crippen LogP contribution in [-0.2, 0) is 21.3 Å². The van der Waals surface area contributed by atoms with E-state index < -0.39 is 10.0 Å². The van der Waals surface area contributed by atoms with Crippen molar-refractivity contribution in [1.29, 1.82) is 0 Å². The zero-order valence-corrected chi connectivity index (χ0v) is 12.2. The van der Waals surface area contributed by atoms with Crippen LogP contribution < -0.4 is 10.0 Å². The first-order valence-corrected chi connectivity index (χ1v) is 7.81. The number of nitrogens with zero attached hydrogens (tertiary/aromatic N) is 1. The molecule has 0 atom stereocenters. The molecule has 0 saturated heterocycles. The zero-order valence-electron chi connectivity index (χ0n) is 11.3. The lowest BCUT2D eigenvalue weighted by Crippen LogP contribution is -2.28. The van der Waals surface area contributed by atoms with Crippen LogP contribution in [0.5, 0.6) is 0 Å². The van der Waals surface area contributed by atoms with Gasteiger partial charge in [0.05, 0.1) is 6.61 Å². The molecule has 0 aliphatic carbocycles. The average molecular weight is 287 g/mol. The van der Waals surface area contributed by atoms with E-state index in [1.807, 2.05) is 13.8 Å². The van der Waals surface area contributed by atoms with Gasteiger partial charge in [0.15, 0.2) is 5.03 Å². The fourth-order valence-corrected chi connectivity index (χ4v) is 2.35. The summed E-state index contributed by atoms with van der Waals surface area (Å²) in [6.45, 7) is 6.58. The molecule has 0 aromatic carbocycles. The highest BCUT2D eigenvalue weighted by molar-refractivity contribution is 7.89. The fraction of sp³-hybridized carbons (Fsp3) is 0.583. The van der Waals surface area contributed by atoms with Crippen LogP contribution in [0.25, 0.3) is 0 Å². The van der Waals surface area contributed by atoms with E-state index >= 15 is 0 Å². The molecule has 6 nitrogen and oxygen atoms in total. The van der Waals surface area contributed by atoms with Gasteiger partial charge in [-0.3, -0.25) is 0 Å². The standard InChI is InChI=1S/C12H21N3O3S/c1-3-13-9-11-5-6-12(14-10-11)19(16,17)15-7-8-18-4-2/h5-6,10,13,15H,3-4,7-9H2,1-2H3. The predicted octanol–water partition coefficient (Wildman–Crippen LogP) is 0.506. The second kappa shape index (κ2) is 8.21. The Labute approximate surface area is 114 Å². The molecule has 0 fully saturated rings. The Hall–Kier alpha value is -1.02. The highest BCUT2D eigenvalue weighted by Crippen LogP contribution is 2.06. The van der Waals surface area contributed by atoms with Crippen LogP contribution in [0.1, 0.15) is 19.4 Å². The molecule has 1 rings (SSSR count). The van der Waals surface area contributed by atoms with Crippen molar-refractivity contribution in [3.05, 3.63) is 23.9 Å². The van der Waals surface area contributed by atoms with Gasteiger partial charge in [0.25, 0.3) is 10.0 Å². The molecule has 1 aromatic rings. The minimum atomic E-state index is -3.54. The van der Waals surface area contributed by atoms with Crippen LogP contribution in [0, 0.1) is 0 Å². The molecule has 1 heterocycles. The van der Waals surface area contributed by atoms with Crippen LogP contribution in [0.15, 0.2) is 23.4 Å². The molecule has 0 unspecified atom stereocenters. The van der Waals surface area contributed by atoms with E-state index in [9.17, 15) is 8.42 Å². The summed E-state index contributed by atoms with van der Waals surface area (Å²) in [4.78, 5) is 3.97. The lowest BCUT2D eigenvalue weighted by atomic mass is 10.3. The van der Waals surface area contributed by atoms with Gasteiger partial charge >= 0.3 is 0 Å². The van der Waals surface area contributed by atoms with E-state index in [-0.39, 0.29) is 11.6 Å². The molecular weight excluding hydrogens is 266 g/mol. The number of hydrogen-bond acceptors (Lipinski definition) is 5. The molecule has 0 amide bonds. The Morgan fingerprint density at radius 1 is 1.32 bits per heavy atom. The normalized spacial score (nSPS) is 11.7. The van der Waals surface area contributed by atoms with E-state index in [0.29, 0.717) is 19.8 Å². The van der Waals surface area contributed by atoms with Crippen molar-refractivity contribution < 1.29 is 13.2 Å². The van der Waals surface area contributed by atoms with E-state index in [1.54, 1.807) is 12.3 Å². The maximum Gasteiger partial charge on any atom is 0.258 e. The first-order chi connectivity index (χ1) is 9.10. The van der Waals surface area contributed by atoms with Crippen LogP contribution in [0.3, 0.4) is 0 Å². The van der Waals surface area contributed by atoms with Crippen LogP contribution >= 0.6 is 0 Å². The third kappa shape index (κ3) is 5.65. The van der Waals surface area contributed by atoms with E-state index in [0.717, 1.165) is 12.1 Å². The molecule has 108 valence electrons. The summed E-state index contributed by atoms with van der Waals surface area (Å²) in [5.74, 6) is 0. The smallest absolute Gasteiger partial charge is 0.258 e. The summed E-state index contributed by atoms with van der Waals surface area (Å²) in [6, 6.07) is 3.27. The maximum absolute atomic E-state index is 11.9. The average Bonchev–Trinajstić information content (AvgIpc) is 2.42. The van der Waals surface area contributed by atoms with Gasteiger partial charge < -0.3 is 10.1 Å². The first-order valence-electron chi connectivity index (χ1n) is 6.33. The van der Waals surface area contributed by atoms with E-state index in [1.165, 1.54) is 6.07 Å². The van der Waals surface area contributed by atoms with Gasteiger partial charge in [-0.2, -0.15) is 0 Å². The largest absolute Gasteiger partial charge is 0.380 e. The topological polar surface area (TPSA) is 80.3 Å². The van der Waals surface area contributed by atoms with Crippen molar-refractivity contribution in [3.8, 4) is 0 Å². The van der Waals surface area contributed by atoms with Crippen molar-refractivity contribution in [2.75, 3.05) is 26.3 Å². The molecule has 0 spiro atoms. The molecule has 7 heteroatoms. The van der Waals surface area contributed by atoms with Gasteiger partial charge in [0, 0.05) is 25.9 Å². The van der Waals surface area contributed by atoms with Gasteiger partial charge in [-0.15, -0.1) is 0 Å². The number of nitrogens with one attached hydrogen (secondary N) is 2. The number of hydrogen-bond donors (Lipinski definition) is 2. The second-order valence-corrected chi connectivity index (χ2v) is 5.59. The van der Waals surface area contributed by atoms with Gasteiger partial charge in [0.2, 0.25) is 0 Å². The Kier molecular flexibility index (Phi) is 6.93. The summed E-state index contributed by atoms with van der Waals surface area (Å²) in [7, 11) is -3.54. The lowest BCUT2D eigenvalue weighted by molar-refractivity contribution is 0.153. The summed E-state index contributed by atoms with van der Waals surface area (Å²) < 4.78 is 31.3. The van der Waals surface area contributed by atoms with Crippen molar-refractivity contribution >= 4 is 10.0 Å². The minimum absolute atomic E-state index is 0.0317. The Morgan fingerprint density at radius 2 is 2.11 bits per heavy atom. The molecule has 0 aliphatic rings. The van der Waals surface area contributed by atoms with Gasteiger partial charge in [-0.05, 0) is 25.1 Å². The quantitative estimate of drug-likeness (QED) is 0.647. The predicted molar refractivity (Wildman–Crippen MR) is 73.3 cm³/mol. The van der Waals surface area contributed by atoms with Crippen molar-refractivity contribution in [2.45, 2.75) is 25.4 Å². The van der Waals surface area contributed by atoms with Gasteiger partial charge in [0.1, 0.15) is 0 Å². The molecular formula is C12H21N3O3S. The lowest BCUT2D eigenvalue weighted by Gasteiger charge is -2.07. The molecule has 1 aromatic heterocycles. The SMILES string of the molecule is CCNCc1ccc(S(=O)(=O)NCCOCC)nc1. The zero-order chi connectivity index (χ0) is 14.1. The number of sulfonamides is 1. The van der Waals surface area contributed by atoms with Gasteiger partial charge in [-0.1, -0.05) is 13.0 Å². The van der Waals surface area contributed by atoms with Crippen LogP contribution in [0.2, 0.25) is 0 Å². The van der Waals surface area contributed by atoms with Crippen molar-refractivity contribution in [2.24, 2.45) is 0 Å². The third-order valence-corrected chi connectivity index (χ3v) is 3.77. The first kappa shape index (κ1) is 16.0. The number of ether oxygens (including phenoxy) is 1. The Morgan fingerprint density at radius 3 is 2.68 bits per heavy atom. The Bertz CT molecular complexity index is 460. The van der Waals surface area contributed by atoms with Gasteiger partial charge in [-0.25, -0.2) is 18.1 Å². The summed E-state index contributed by atoms with van der Waals surface area (Å²) in [5, 5.41) is 3.18. The number of aromatic nitrogens is 1. The molecule has 0 aliphatic heterocycles. The Balaban J connectivity index is 2.58. The maximum atomic E-state index is 11.9. The van der Waals surface area contributed by atoms with Crippen molar-refractivity contribution in [1.82, 2.24) is 15.0 Å². The third-order valence-electron chi connectivity index (χ3n) is 2.39. The molecule has 0 bridgehead atoms. The van der Waals surface area contributed by atoms with Crippen LogP contribution in [-0.4, -0.2) is 39.7 Å². The highest BCUT2D eigenvalue weighted by Gasteiger charge is 2.14. The summed E-state index contributed by atoms with van der Waals surface area (Å²) in [6.07, 6.45) is 1.57. The summed E-state index contributed by atoms with van der Waals surface area (Å²) >= 11 is 0. The highest BCUT2D eigenvalue weighted by atomic mass is 32.2. The molecule has 19 heavy (non-hydrogen) atoms. The van der Waals surface area contributed by atoms with E-state index in [4.69, 9.17) is 4.74 Å². The fourth-order valence-electron chi connectivity index (χ4n) is 1.41. The second-order valence-electron chi connectivity index (χ2n) is 3.88. The number of pyridine rings is 1. The monoisotopic (exact) mass is 287 g/mol. The number of rotatable bonds is 9. The van der Waals surface area contributed by atoms with Crippen molar-refractivity contribution in [3.63, 3.8) is 0 Å². The molecule has 0 radical (unpaired) electrons. The van der Waals surface area contributed by atoms with Crippen LogP contribution in [0.4, 0.5) is 0 Å².